The lowest BCUT2D eigenvalue weighted by Crippen LogP contribution is -2.00. The predicted molar refractivity (Wildman–Crippen MR) is 65.7 cm³/mol. The van der Waals surface area contributed by atoms with E-state index in [1.165, 1.54) is 0 Å². The number of halogens is 2. The molecule has 0 atom stereocenters. The highest BCUT2D eigenvalue weighted by molar-refractivity contribution is 9.08. The molecular formula is C10H8BrFN4O2. The Bertz CT molecular complexity index is 614. The van der Waals surface area contributed by atoms with Gasteiger partial charge in [0.05, 0.1) is 15.8 Å². The molecule has 0 bridgehead atoms. The second kappa shape index (κ2) is 4.81. The summed E-state index contributed by atoms with van der Waals surface area (Å²) in [5.74, 6) is 0.304. The highest BCUT2D eigenvalue weighted by atomic mass is 79.9. The van der Waals surface area contributed by atoms with Crippen molar-refractivity contribution in [3.05, 3.63) is 40.0 Å². The van der Waals surface area contributed by atoms with Crippen LogP contribution in [0.2, 0.25) is 0 Å². The molecule has 2 aromatic rings. The zero-order valence-corrected chi connectivity index (χ0v) is 10.9. The Hall–Kier alpha value is -1.83. The number of rotatable bonds is 3. The summed E-state index contributed by atoms with van der Waals surface area (Å²) in [4.78, 5) is 10.3. The molecule has 0 fully saturated rings. The molecule has 0 spiro atoms. The zero-order valence-electron chi connectivity index (χ0n) is 9.30. The molecule has 6 nitrogen and oxygen atoms in total. The maximum absolute atomic E-state index is 13.2. The third-order valence-electron chi connectivity index (χ3n) is 2.48. The highest BCUT2D eigenvalue weighted by Crippen LogP contribution is 2.29. The fourth-order valence-electron chi connectivity index (χ4n) is 1.56. The Balaban J connectivity index is 2.65. The van der Waals surface area contributed by atoms with Gasteiger partial charge in [0.1, 0.15) is 11.6 Å². The fourth-order valence-corrected chi connectivity index (χ4v) is 2.05. The third kappa shape index (κ3) is 2.10. The van der Waals surface area contributed by atoms with E-state index in [1.54, 1.807) is 11.6 Å². The van der Waals surface area contributed by atoms with E-state index in [1.807, 2.05) is 0 Å². The van der Waals surface area contributed by atoms with E-state index < -0.39 is 10.7 Å². The van der Waals surface area contributed by atoms with Gasteiger partial charge in [-0.3, -0.25) is 10.1 Å². The lowest BCUT2D eigenvalue weighted by atomic mass is 10.1. The molecule has 1 aromatic carbocycles. The van der Waals surface area contributed by atoms with Crippen LogP contribution in [0.1, 0.15) is 5.82 Å². The minimum Gasteiger partial charge on any atom is -0.313 e. The average Bonchev–Trinajstić information content (AvgIpc) is 2.69. The van der Waals surface area contributed by atoms with E-state index in [0.717, 1.165) is 18.2 Å². The average molecular weight is 315 g/mol. The van der Waals surface area contributed by atoms with Crippen molar-refractivity contribution in [3.8, 4) is 11.4 Å². The first-order chi connectivity index (χ1) is 8.54. The number of hydrogen-bond acceptors (Lipinski definition) is 4. The largest absolute Gasteiger partial charge is 0.313 e. The number of nitrogens with zero attached hydrogens (tertiary/aromatic N) is 4. The lowest BCUT2D eigenvalue weighted by molar-refractivity contribution is -0.384. The maximum atomic E-state index is 13.2. The molecule has 0 saturated heterocycles. The Morgan fingerprint density at radius 3 is 2.78 bits per heavy atom. The molecule has 0 aliphatic heterocycles. The molecule has 94 valence electrons. The van der Waals surface area contributed by atoms with Crippen molar-refractivity contribution in [2.75, 3.05) is 0 Å². The van der Waals surface area contributed by atoms with Gasteiger partial charge in [0.25, 0.3) is 5.69 Å². The summed E-state index contributed by atoms with van der Waals surface area (Å²) in [6.45, 7) is 0. The van der Waals surface area contributed by atoms with Crippen molar-refractivity contribution >= 4 is 21.6 Å². The number of nitro benzene ring substituents is 1. The Labute approximate surface area is 110 Å². The fraction of sp³-hybridized carbons (Fsp3) is 0.200. The first-order valence-corrected chi connectivity index (χ1v) is 6.05. The van der Waals surface area contributed by atoms with Gasteiger partial charge in [-0.25, -0.2) is 4.39 Å². The van der Waals surface area contributed by atoms with Crippen LogP contribution >= 0.6 is 15.9 Å². The quantitative estimate of drug-likeness (QED) is 0.495. The van der Waals surface area contributed by atoms with Crippen molar-refractivity contribution in [3.63, 3.8) is 0 Å². The number of aromatic nitrogens is 3. The summed E-state index contributed by atoms with van der Waals surface area (Å²) in [6.07, 6.45) is 0. The number of hydrogen-bond donors (Lipinski definition) is 0. The summed E-state index contributed by atoms with van der Waals surface area (Å²) in [5.41, 5.74) is -0.0878. The molecule has 1 aromatic heterocycles. The highest BCUT2D eigenvalue weighted by Gasteiger charge is 2.21. The molecule has 0 unspecified atom stereocenters. The molecule has 8 heteroatoms. The summed E-state index contributed by atoms with van der Waals surface area (Å²) >= 11 is 3.22. The third-order valence-corrected chi connectivity index (χ3v) is 2.98. The second-order valence-electron chi connectivity index (χ2n) is 3.55. The number of benzene rings is 1. The molecule has 0 saturated carbocycles. The summed E-state index contributed by atoms with van der Waals surface area (Å²) in [7, 11) is 1.67. The SMILES string of the molecule is Cn1c(CBr)nnc1-c1cc(F)ccc1[N+](=O)[O-]. The van der Waals surface area contributed by atoms with E-state index in [9.17, 15) is 14.5 Å². The monoisotopic (exact) mass is 314 g/mol. The van der Waals surface area contributed by atoms with Crippen LogP contribution in [-0.2, 0) is 12.4 Å². The van der Waals surface area contributed by atoms with E-state index >= 15 is 0 Å². The summed E-state index contributed by atoms with van der Waals surface area (Å²) in [5, 5.41) is 19.1. The first kappa shape index (κ1) is 12.6. The van der Waals surface area contributed by atoms with Gasteiger partial charge in [-0.05, 0) is 12.1 Å². The molecule has 0 radical (unpaired) electrons. The van der Waals surface area contributed by atoms with E-state index in [0.29, 0.717) is 11.2 Å². The number of alkyl halides is 1. The van der Waals surface area contributed by atoms with Gasteiger partial charge < -0.3 is 4.57 Å². The van der Waals surface area contributed by atoms with Gasteiger partial charge in [-0.15, -0.1) is 10.2 Å². The Morgan fingerprint density at radius 2 is 2.22 bits per heavy atom. The molecular weight excluding hydrogens is 307 g/mol. The van der Waals surface area contributed by atoms with E-state index in [-0.39, 0.29) is 17.1 Å². The van der Waals surface area contributed by atoms with Crippen molar-refractivity contribution < 1.29 is 9.31 Å². The van der Waals surface area contributed by atoms with Gasteiger partial charge in [-0.2, -0.15) is 0 Å². The lowest BCUT2D eigenvalue weighted by Gasteiger charge is -2.03. The zero-order chi connectivity index (χ0) is 13.3. The van der Waals surface area contributed by atoms with E-state index in [4.69, 9.17) is 0 Å². The molecule has 0 amide bonds. The molecule has 2 rings (SSSR count). The van der Waals surface area contributed by atoms with Crippen LogP contribution in [-0.4, -0.2) is 19.7 Å². The van der Waals surface area contributed by atoms with Crippen LogP contribution in [0.15, 0.2) is 18.2 Å². The second-order valence-corrected chi connectivity index (χ2v) is 4.11. The van der Waals surface area contributed by atoms with Gasteiger partial charge in [0, 0.05) is 13.1 Å². The van der Waals surface area contributed by atoms with Crippen LogP contribution in [0.3, 0.4) is 0 Å². The standard InChI is InChI=1S/C10H8BrFN4O2/c1-15-9(5-11)13-14-10(15)7-4-6(12)2-3-8(7)16(17)18/h2-4H,5H2,1H3. The molecule has 0 aliphatic rings. The molecule has 0 N–H and O–H groups in total. The van der Waals surface area contributed by atoms with Gasteiger partial charge >= 0.3 is 0 Å². The topological polar surface area (TPSA) is 73.8 Å². The Morgan fingerprint density at radius 1 is 1.50 bits per heavy atom. The van der Waals surface area contributed by atoms with Crippen LogP contribution in [0.4, 0.5) is 10.1 Å². The first-order valence-electron chi connectivity index (χ1n) is 4.93. The van der Waals surface area contributed by atoms with E-state index in [2.05, 4.69) is 26.1 Å². The van der Waals surface area contributed by atoms with Crippen LogP contribution in [0, 0.1) is 15.9 Å². The van der Waals surface area contributed by atoms with Crippen LogP contribution in [0.5, 0.6) is 0 Å². The Kier molecular flexibility index (Phi) is 3.37. The van der Waals surface area contributed by atoms with Gasteiger partial charge in [0.15, 0.2) is 5.82 Å². The minimum atomic E-state index is -0.572. The smallest absolute Gasteiger partial charge is 0.280 e. The number of nitro groups is 1. The normalized spacial score (nSPS) is 10.6. The maximum Gasteiger partial charge on any atom is 0.280 e. The van der Waals surface area contributed by atoms with Crippen molar-refractivity contribution in [1.82, 2.24) is 14.8 Å². The molecule has 1 heterocycles. The summed E-state index contributed by atoms with van der Waals surface area (Å²) < 4.78 is 14.8. The van der Waals surface area contributed by atoms with Crippen molar-refractivity contribution in [1.29, 1.82) is 0 Å². The summed E-state index contributed by atoms with van der Waals surface area (Å²) in [6, 6.07) is 3.25. The van der Waals surface area contributed by atoms with Gasteiger partial charge in [-0.1, -0.05) is 15.9 Å². The minimum absolute atomic E-state index is 0.113. The molecule has 0 aliphatic carbocycles. The van der Waals surface area contributed by atoms with Crippen LogP contribution < -0.4 is 0 Å². The molecule has 18 heavy (non-hydrogen) atoms. The predicted octanol–water partition coefficient (Wildman–Crippen LogP) is 2.42. The van der Waals surface area contributed by atoms with Gasteiger partial charge in [0.2, 0.25) is 0 Å². The van der Waals surface area contributed by atoms with Crippen molar-refractivity contribution in [2.24, 2.45) is 7.05 Å². The van der Waals surface area contributed by atoms with Crippen LogP contribution in [0.25, 0.3) is 11.4 Å². The van der Waals surface area contributed by atoms with Crippen molar-refractivity contribution in [2.45, 2.75) is 5.33 Å².